The van der Waals surface area contributed by atoms with Crippen molar-refractivity contribution in [3.8, 4) is 23.0 Å². The first-order chi connectivity index (χ1) is 16.4. The van der Waals surface area contributed by atoms with Gasteiger partial charge in [-0.2, -0.15) is 5.10 Å². The zero-order valence-corrected chi connectivity index (χ0v) is 21.8. The molecule has 0 bridgehead atoms. The fourth-order valence-electron chi connectivity index (χ4n) is 3.00. The Balaban J connectivity index is 1.74. The van der Waals surface area contributed by atoms with E-state index >= 15 is 0 Å². The lowest BCUT2D eigenvalue weighted by Crippen LogP contribution is -2.17. The number of hydrogen-bond donors (Lipinski definition) is 1. The van der Waals surface area contributed by atoms with Gasteiger partial charge in [-0.1, -0.05) is 29.8 Å². The topological polar surface area (TPSA) is 78.4 Å². The summed E-state index contributed by atoms with van der Waals surface area (Å²) in [5, 5.41) is 4.73. The number of methoxy groups -OCH3 is 2. The minimum atomic E-state index is -0.395. The van der Waals surface area contributed by atoms with Gasteiger partial charge < -0.3 is 18.9 Å². The first-order valence-electron chi connectivity index (χ1n) is 10.3. The van der Waals surface area contributed by atoms with Crippen LogP contribution in [0.3, 0.4) is 0 Å². The molecule has 3 aromatic rings. The summed E-state index contributed by atoms with van der Waals surface area (Å²) in [7, 11) is 3.04. The Morgan fingerprint density at radius 2 is 1.76 bits per heavy atom. The molecule has 9 heteroatoms. The van der Waals surface area contributed by atoms with Crippen LogP contribution in [-0.4, -0.2) is 32.9 Å². The van der Waals surface area contributed by atoms with Crippen LogP contribution in [0.25, 0.3) is 0 Å². The number of rotatable bonds is 10. The SMILES string of the molecule is CCOc1cc(/C=N\NC(=O)c2cc(OC)cc(OC)c2)cc(I)c1OCc1ccccc1Cl. The van der Waals surface area contributed by atoms with Gasteiger partial charge in [0, 0.05) is 22.2 Å². The number of carbonyl (C=O) groups excluding carboxylic acids is 1. The summed E-state index contributed by atoms with van der Waals surface area (Å²) in [5.41, 5.74) is 4.50. The normalized spacial score (nSPS) is 10.7. The van der Waals surface area contributed by atoms with Crippen molar-refractivity contribution in [1.82, 2.24) is 5.43 Å². The van der Waals surface area contributed by atoms with E-state index in [0.717, 1.165) is 14.7 Å². The summed E-state index contributed by atoms with van der Waals surface area (Å²) in [6.07, 6.45) is 1.54. The molecule has 3 aromatic carbocycles. The third-order valence-corrected chi connectivity index (χ3v) is 5.82. The van der Waals surface area contributed by atoms with Gasteiger partial charge in [0.25, 0.3) is 5.91 Å². The van der Waals surface area contributed by atoms with E-state index in [9.17, 15) is 4.79 Å². The highest BCUT2D eigenvalue weighted by atomic mass is 127. The molecule has 1 amide bonds. The van der Waals surface area contributed by atoms with Crippen LogP contribution in [0, 0.1) is 3.57 Å². The predicted octanol–water partition coefficient (Wildman–Crippen LogP) is 5.70. The fourth-order valence-corrected chi connectivity index (χ4v) is 3.97. The van der Waals surface area contributed by atoms with Gasteiger partial charge in [-0.25, -0.2) is 5.43 Å². The lowest BCUT2D eigenvalue weighted by atomic mass is 10.2. The molecule has 0 saturated carbocycles. The Kier molecular flexibility index (Phi) is 9.41. The van der Waals surface area contributed by atoms with Crippen molar-refractivity contribution in [2.45, 2.75) is 13.5 Å². The fraction of sp³-hybridized carbons (Fsp3) is 0.200. The number of halogens is 2. The van der Waals surface area contributed by atoms with Crippen molar-refractivity contribution in [3.63, 3.8) is 0 Å². The van der Waals surface area contributed by atoms with Gasteiger partial charge in [-0.05, 0) is 65.4 Å². The average molecular weight is 595 g/mol. The number of nitrogens with one attached hydrogen (secondary N) is 1. The summed E-state index contributed by atoms with van der Waals surface area (Å²) in [6, 6.07) is 16.1. The molecule has 7 nitrogen and oxygen atoms in total. The largest absolute Gasteiger partial charge is 0.497 e. The van der Waals surface area contributed by atoms with E-state index in [1.807, 2.05) is 37.3 Å². The molecule has 0 aromatic heterocycles. The van der Waals surface area contributed by atoms with Gasteiger partial charge in [-0.15, -0.1) is 0 Å². The van der Waals surface area contributed by atoms with Crippen LogP contribution in [0.1, 0.15) is 28.4 Å². The van der Waals surface area contributed by atoms with Crippen molar-refractivity contribution in [2.75, 3.05) is 20.8 Å². The summed E-state index contributed by atoms with van der Waals surface area (Å²) in [6.45, 7) is 2.67. The van der Waals surface area contributed by atoms with Gasteiger partial charge >= 0.3 is 0 Å². The Labute approximate surface area is 217 Å². The zero-order chi connectivity index (χ0) is 24.5. The molecule has 0 radical (unpaired) electrons. The standard InChI is InChI=1S/C25H24ClIN2O5/c1-4-33-23-10-16(9-22(27)24(23)34-15-17-7-5-6-8-21(17)26)14-28-29-25(30)18-11-19(31-2)13-20(12-18)32-3/h5-14H,4,15H2,1-3H3,(H,29,30)/b28-14-. The van der Waals surface area contributed by atoms with Gasteiger partial charge in [0.05, 0.1) is 30.6 Å². The summed E-state index contributed by atoms with van der Waals surface area (Å²) >= 11 is 8.42. The second-order valence-corrected chi connectivity index (χ2v) is 8.51. The second-order valence-electron chi connectivity index (χ2n) is 6.94. The molecule has 0 aliphatic carbocycles. The molecule has 34 heavy (non-hydrogen) atoms. The van der Waals surface area contributed by atoms with Crippen molar-refractivity contribution >= 4 is 46.3 Å². The van der Waals surface area contributed by atoms with Crippen molar-refractivity contribution < 1.29 is 23.7 Å². The van der Waals surface area contributed by atoms with Crippen LogP contribution in [0.5, 0.6) is 23.0 Å². The third-order valence-electron chi connectivity index (χ3n) is 4.65. The Morgan fingerprint density at radius 1 is 1.06 bits per heavy atom. The first-order valence-corrected chi connectivity index (χ1v) is 11.8. The highest BCUT2D eigenvalue weighted by Crippen LogP contribution is 2.35. The van der Waals surface area contributed by atoms with Crippen LogP contribution in [0.2, 0.25) is 5.02 Å². The lowest BCUT2D eigenvalue weighted by molar-refractivity contribution is 0.0954. The minimum absolute atomic E-state index is 0.309. The number of nitrogens with zero attached hydrogens (tertiary/aromatic N) is 1. The quantitative estimate of drug-likeness (QED) is 0.185. The Hall–Kier alpha value is -2.98. The molecule has 0 spiro atoms. The molecule has 0 atom stereocenters. The molecule has 0 saturated heterocycles. The van der Waals surface area contributed by atoms with E-state index in [1.54, 1.807) is 24.3 Å². The average Bonchev–Trinajstić information content (AvgIpc) is 2.84. The first kappa shape index (κ1) is 25.6. The van der Waals surface area contributed by atoms with Gasteiger partial charge in [0.15, 0.2) is 11.5 Å². The monoisotopic (exact) mass is 594 g/mol. The molecular weight excluding hydrogens is 571 g/mol. The molecule has 0 heterocycles. The van der Waals surface area contributed by atoms with Crippen LogP contribution < -0.4 is 24.4 Å². The Bertz CT molecular complexity index is 1160. The number of hydrazone groups is 1. The predicted molar refractivity (Wildman–Crippen MR) is 141 cm³/mol. The van der Waals surface area contributed by atoms with Crippen LogP contribution in [-0.2, 0) is 6.61 Å². The molecule has 1 N–H and O–H groups in total. The number of ether oxygens (including phenoxy) is 4. The zero-order valence-electron chi connectivity index (χ0n) is 18.9. The number of hydrogen-bond acceptors (Lipinski definition) is 6. The van der Waals surface area contributed by atoms with Crippen molar-refractivity contribution in [1.29, 1.82) is 0 Å². The summed E-state index contributed by atoms with van der Waals surface area (Å²) < 4.78 is 23.1. The summed E-state index contributed by atoms with van der Waals surface area (Å²) in [4.78, 5) is 12.5. The maximum absolute atomic E-state index is 12.5. The molecular formula is C25H24ClIN2O5. The van der Waals surface area contributed by atoms with E-state index < -0.39 is 5.91 Å². The highest BCUT2D eigenvalue weighted by molar-refractivity contribution is 14.1. The molecule has 178 valence electrons. The highest BCUT2D eigenvalue weighted by Gasteiger charge is 2.13. The number of carbonyl (C=O) groups is 1. The maximum Gasteiger partial charge on any atom is 0.271 e. The maximum atomic E-state index is 12.5. The van der Waals surface area contributed by atoms with Crippen LogP contribution in [0.4, 0.5) is 0 Å². The smallest absolute Gasteiger partial charge is 0.271 e. The van der Waals surface area contributed by atoms with E-state index in [0.29, 0.717) is 46.8 Å². The molecule has 0 aliphatic rings. The van der Waals surface area contributed by atoms with E-state index in [1.165, 1.54) is 20.4 Å². The molecule has 3 rings (SSSR count). The third kappa shape index (κ3) is 6.77. The molecule has 0 aliphatic heterocycles. The van der Waals surface area contributed by atoms with E-state index in [2.05, 4.69) is 33.1 Å². The Morgan fingerprint density at radius 3 is 2.41 bits per heavy atom. The summed E-state index contributed by atoms with van der Waals surface area (Å²) in [5.74, 6) is 1.82. The number of benzene rings is 3. The van der Waals surface area contributed by atoms with E-state index in [4.69, 9.17) is 30.5 Å². The number of amides is 1. The van der Waals surface area contributed by atoms with Gasteiger partial charge in [-0.3, -0.25) is 4.79 Å². The lowest BCUT2D eigenvalue weighted by Gasteiger charge is -2.15. The van der Waals surface area contributed by atoms with E-state index in [-0.39, 0.29) is 0 Å². The van der Waals surface area contributed by atoms with Gasteiger partial charge in [0.1, 0.15) is 18.1 Å². The van der Waals surface area contributed by atoms with Crippen molar-refractivity contribution in [3.05, 3.63) is 79.9 Å². The van der Waals surface area contributed by atoms with Crippen LogP contribution in [0.15, 0.2) is 59.7 Å². The van der Waals surface area contributed by atoms with Crippen LogP contribution >= 0.6 is 34.2 Å². The minimum Gasteiger partial charge on any atom is -0.497 e. The molecule has 0 fully saturated rings. The van der Waals surface area contributed by atoms with Crippen molar-refractivity contribution in [2.24, 2.45) is 5.10 Å². The van der Waals surface area contributed by atoms with Gasteiger partial charge in [0.2, 0.25) is 0 Å². The second kappa shape index (κ2) is 12.5. The molecule has 0 unspecified atom stereocenters.